The molecule has 0 aliphatic heterocycles. The minimum atomic E-state index is -0.787. The zero-order chi connectivity index (χ0) is 17.2. The topological polar surface area (TPSA) is 70.7 Å². The van der Waals surface area contributed by atoms with Crippen LogP contribution in [0.25, 0.3) is 5.69 Å². The molecule has 23 heavy (non-hydrogen) atoms. The maximum Gasteiger partial charge on any atom is 0.255 e. The lowest BCUT2D eigenvalue weighted by molar-refractivity contribution is 0.0922. The average molecular weight is 318 g/mol. The van der Waals surface area contributed by atoms with Crippen LogP contribution in [0.15, 0.2) is 30.6 Å². The molecule has 1 amide bonds. The zero-order valence-electron chi connectivity index (χ0n) is 13.0. The second kappa shape index (κ2) is 6.16. The van der Waals surface area contributed by atoms with Crippen LogP contribution < -0.4 is 5.32 Å². The van der Waals surface area contributed by atoms with Crippen molar-refractivity contribution in [2.75, 3.05) is 0 Å². The number of nitrogens with one attached hydrogen (secondary N) is 1. The Labute approximate surface area is 132 Å². The van der Waals surface area contributed by atoms with E-state index in [2.05, 4.69) is 10.4 Å². The number of hydrogen-bond donors (Lipinski definition) is 1. The first-order valence-electron chi connectivity index (χ1n) is 6.93. The average Bonchev–Trinajstić information content (AvgIpc) is 2.92. The molecule has 0 saturated carbocycles. The fraction of sp³-hybridized carbons (Fsp3) is 0.312. The van der Waals surface area contributed by atoms with Crippen LogP contribution in [0, 0.1) is 28.4 Å². The summed E-state index contributed by atoms with van der Waals surface area (Å²) in [4.78, 5) is 12.2. The SMILES string of the molecule is CC(C)(C)[C@H](C#N)NC(=O)c1cnn(-c2ccc(F)cc2F)c1. The molecule has 1 N–H and O–H groups in total. The first-order chi connectivity index (χ1) is 10.7. The predicted octanol–water partition coefficient (Wildman–Crippen LogP) is 2.82. The van der Waals surface area contributed by atoms with Crippen LogP contribution in [-0.4, -0.2) is 21.7 Å². The normalized spacial score (nSPS) is 12.5. The molecule has 0 aliphatic rings. The highest BCUT2D eigenvalue weighted by Crippen LogP contribution is 2.19. The third-order valence-electron chi connectivity index (χ3n) is 3.27. The Morgan fingerprint density at radius 1 is 1.39 bits per heavy atom. The van der Waals surface area contributed by atoms with Gasteiger partial charge in [-0.05, 0) is 17.5 Å². The molecule has 120 valence electrons. The molecule has 0 fully saturated rings. The molecule has 7 heteroatoms. The van der Waals surface area contributed by atoms with Crippen LogP contribution in [0.3, 0.4) is 0 Å². The lowest BCUT2D eigenvalue weighted by atomic mass is 9.87. The smallest absolute Gasteiger partial charge is 0.255 e. The lowest BCUT2D eigenvalue weighted by Crippen LogP contribution is -2.42. The summed E-state index contributed by atoms with van der Waals surface area (Å²) in [6, 6.07) is 4.43. The van der Waals surface area contributed by atoms with Crippen LogP contribution in [-0.2, 0) is 0 Å². The van der Waals surface area contributed by atoms with E-state index in [4.69, 9.17) is 5.26 Å². The summed E-state index contributed by atoms with van der Waals surface area (Å²) in [7, 11) is 0. The van der Waals surface area contributed by atoms with Crippen LogP contribution >= 0.6 is 0 Å². The first-order valence-corrected chi connectivity index (χ1v) is 6.93. The summed E-state index contributed by atoms with van der Waals surface area (Å²) < 4.78 is 27.8. The quantitative estimate of drug-likeness (QED) is 0.946. The number of benzene rings is 1. The van der Waals surface area contributed by atoms with Gasteiger partial charge < -0.3 is 5.32 Å². The fourth-order valence-corrected chi connectivity index (χ4v) is 1.90. The van der Waals surface area contributed by atoms with Crippen LogP contribution in [0.4, 0.5) is 8.78 Å². The van der Waals surface area contributed by atoms with Gasteiger partial charge in [0.15, 0.2) is 5.82 Å². The molecule has 2 aromatic rings. The van der Waals surface area contributed by atoms with Crippen molar-refractivity contribution in [3.63, 3.8) is 0 Å². The van der Waals surface area contributed by atoms with Crippen molar-refractivity contribution in [3.8, 4) is 11.8 Å². The van der Waals surface area contributed by atoms with Gasteiger partial charge in [0.2, 0.25) is 0 Å². The van der Waals surface area contributed by atoms with Gasteiger partial charge in [-0.15, -0.1) is 0 Å². The Hall–Kier alpha value is -2.75. The highest BCUT2D eigenvalue weighted by atomic mass is 19.1. The van der Waals surface area contributed by atoms with E-state index < -0.39 is 29.0 Å². The Bertz CT molecular complexity index is 771. The van der Waals surface area contributed by atoms with E-state index in [1.807, 2.05) is 26.8 Å². The van der Waals surface area contributed by atoms with E-state index in [9.17, 15) is 13.6 Å². The molecular formula is C16H16F2N4O. The van der Waals surface area contributed by atoms with Gasteiger partial charge >= 0.3 is 0 Å². The van der Waals surface area contributed by atoms with E-state index in [1.54, 1.807) is 0 Å². The van der Waals surface area contributed by atoms with Crippen molar-refractivity contribution in [3.05, 3.63) is 47.8 Å². The molecule has 1 heterocycles. The second-order valence-electron chi connectivity index (χ2n) is 6.17. The Balaban J connectivity index is 2.22. The predicted molar refractivity (Wildman–Crippen MR) is 79.8 cm³/mol. The molecular weight excluding hydrogens is 302 g/mol. The molecule has 1 atom stereocenters. The largest absolute Gasteiger partial charge is 0.336 e. The van der Waals surface area contributed by atoms with Gasteiger partial charge in [-0.3, -0.25) is 4.79 Å². The number of hydrogen-bond acceptors (Lipinski definition) is 3. The Morgan fingerprint density at radius 3 is 2.65 bits per heavy atom. The summed E-state index contributed by atoms with van der Waals surface area (Å²) in [5.74, 6) is -1.97. The first kappa shape index (κ1) is 16.6. The van der Waals surface area contributed by atoms with Crippen molar-refractivity contribution in [1.82, 2.24) is 15.1 Å². The van der Waals surface area contributed by atoms with Crippen LogP contribution in [0.2, 0.25) is 0 Å². The molecule has 0 aliphatic carbocycles. The van der Waals surface area contributed by atoms with Crippen molar-refractivity contribution < 1.29 is 13.6 Å². The van der Waals surface area contributed by atoms with Gasteiger partial charge in [-0.1, -0.05) is 20.8 Å². The molecule has 0 spiro atoms. The van der Waals surface area contributed by atoms with E-state index in [0.29, 0.717) is 0 Å². The second-order valence-corrected chi connectivity index (χ2v) is 6.17. The molecule has 0 radical (unpaired) electrons. The summed E-state index contributed by atoms with van der Waals surface area (Å²) in [5.41, 5.74) is -0.222. The number of carbonyl (C=O) groups is 1. The molecule has 0 bridgehead atoms. The number of rotatable bonds is 3. The van der Waals surface area contributed by atoms with Crippen molar-refractivity contribution in [2.45, 2.75) is 26.8 Å². The number of aromatic nitrogens is 2. The van der Waals surface area contributed by atoms with Gasteiger partial charge in [0.1, 0.15) is 17.5 Å². The molecule has 0 saturated heterocycles. The van der Waals surface area contributed by atoms with Gasteiger partial charge in [0, 0.05) is 12.3 Å². The Kier molecular flexibility index (Phi) is 4.45. The van der Waals surface area contributed by atoms with E-state index in [1.165, 1.54) is 18.5 Å². The molecule has 2 rings (SSSR count). The third kappa shape index (κ3) is 3.72. The van der Waals surface area contributed by atoms with Gasteiger partial charge in [-0.2, -0.15) is 10.4 Å². The summed E-state index contributed by atoms with van der Waals surface area (Å²) in [5, 5.41) is 15.6. The number of amides is 1. The van der Waals surface area contributed by atoms with Crippen LogP contribution in [0.1, 0.15) is 31.1 Å². The fourth-order valence-electron chi connectivity index (χ4n) is 1.90. The third-order valence-corrected chi connectivity index (χ3v) is 3.27. The lowest BCUT2D eigenvalue weighted by Gasteiger charge is -2.25. The van der Waals surface area contributed by atoms with Crippen molar-refractivity contribution >= 4 is 5.91 Å². The number of carbonyl (C=O) groups excluding carboxylic acids is 1. The van der Waals surface area contributed by atoms with Crippen molar-refractivity contribution in [2.24, 2.45) is 5.41 Å². The van der Waals surface area contributed by atoms with Crippen molar-refractivity contribution in [1.29, 1.82) is 5.26 Å². The van der Waals surface area contributed by atoms with Gasteiger partial charge in [0.05, 0.1) is 17.8 Å². The monoisotopic (exact) mass is 318 g/mol. The molecule has 0 unspecified atom stereocenters. The van der Waals surface area contributed by atoms with Gasteiger partial charge in [0.25, 0.3) is 5.91 Å². The summed E-state index contributed by atoms with van der Waals surface area (Å²) >= 11 is 0. The number of nitrogens with zero attached hydrogens (tertiary/aromatic N) is 3. The van der Waals surface area contributed by atoms with E-state index in [0.717, 1.165) is 16.8 Å². The van der Waals surface area contributed by atoms with E-state index in [-0.39, 0.29) is 11.3 Å². The minimum absolute atomic E-state index is 0.0260. The molecule has 1 aromatic heterocycles. The van der Waals surface area contributed by atoms with Crippen LogP contribution in [0.5, 0.6) is 0 Å². The Morgan fingerprint density at radius 2 is 2.09 bits per heavy atom. The van der Waals surface area contributed by atoms with Gasteiger partial charge in [-0.25, -0.2) is 13.5 Å². The molecule has 5 nitrogen and oxygen atoms in total. The number of halogens is 2. The number of nitriles is 1. The summed E-state index contributed by atoms with van der Waals surface area (Å²) in [6.07, 6.45) is 2.58. The minimum Gasteiger partial charge on any atom is -0.336 e. The highest BCUT2D eigenvalue weighted by Gasteiger charge is 2.26. The molecule has 1 aromatic carbocycles. The standard InChI is InChI=1S/C16H16F2N4O/c1-16(2,3)14(7-19)21-15(23)10-8-20-22(9-10)13-5-4-11(17)6-12(13)18/h4-6,8-9,14H,1-3H3,(H,21,23)/t14-/m0/s1. The van der Waals surface area contributed by atoms with E-state index >= 15 is 0 Å². The maximum atomic E-state index is 13.7. The maximum absolute atomic E-state index is 13.7. The highest BCUT2D eigenvalue weighted by molar-refractivity contribution is 5.94. The summed E-state index contributed by atoms with van der Waals surface area (Å²) in [6.45, 7) is 5.50. The zero-order valence-corrected chi connectivity index (χ0v) is 13.0.